The molecular formula is C10H17N3O2S2. The number of nitrogen functional groups attached to an aromatic ring is 1. The lowest BCUT2D eigenvalue weighted by Crippen LogP contribution is -2.15. The molecule has 0 bridgehead atoms. The van der Waals surface area contributed by atoms with Gasteiger partial charge in [0.2, 0.25) is 0 Å². The highest BCUT2D eigenvalue weighted by Crippen LogP contribution is 2.21. The summed E-state index contributed by atoms with van der Waals surface area (Å²) in [6.45, 7) is 5.20. The quantitative estimate of drug-likeness (QED) is 0.625. The predicted molar refractivity (Wildman–Crippen MR) is 70.3 cm³/mol. The van der Waals surface area contributed by atoms with Gasteiger partial charge in [-0.3, -0.25) is 5.41 Å². The Bertz CT molecular complexity index is 518. The minimum atomic E-state index is -3.15. The number of nitrogens with zero attached hydrogens (tertiary/aromatic N) is 1. The van der Waals surface area contributed by atoms with Gasteiger partial charge < -0.3 is 5.73 Å². The van der Waals surface area contributed by atoms with Crippen molar-refractivity contribution < 1.29 is 8.42 Å². The van der Waals surface area contributed by atoms with Gasteiger partial charge in [-0.2, -0.15) is 0 Å². The molecule has 0 aliphatic rings. The van der Waals surface area contributed by atoms with Gasteiger partial charge in [0.25, 0.3) is 0 Å². The molecule has 17 heavy (non-hydrogen) atoms. The lowest BCUT2D eigenvalue weighted by Gasteiger charge is -2.04. The van der Waals surface area contributed by atoms with Gasteiger partial charge in [0.15, 0.2) is 9.84 Å². The monoisotopic (exact) mass is 275 g/mol. The standard InChI is InChI=1S/C10H17N3O2S2/c1-4-7-9(10(11)12)16-8(13-7)5-17(14,15)6(2)3/h6H,4-5H2,1-3H3,(H3,11,12). The van der Waals surface area contributed by atoms with Gasteiger partial charge in [-0.05, 0) is 20.3 Å². The minimum Gasteiger partial charge on any atom is -0.383 e. The molecule has 1 rings (SSSR count). The molecule has 7 heteroatoms. The lowest BCUT2D eigenvalue weighted by molar-refractivity contribution is 0.586. The van der Waals surface area contributed by atoms with E-state index in [2.05, 4.69) is 4.98 Å². The minimum absolute atomic E-state index is 0.0486. The number of nitrogens with one attached hydrogen (secondary N) is 1. The van der Waals surface area contributed by atoms with Crippen LogP contribution in [-0.4, -0.2) is 24.5 Å². The summed E-state index contributed by atoms with van der Waals surface area (Å²) in [4.78, 5) is 4.82. The van der Waals surface area contributed by atoms with Gasteiger partial charge >= 0.3 is 0 Å². The number of hydrogen-bond donors (Lipinski definition) is 2. The van der Waals surface area contributed by atoms with Crippen molar-refractivity contribution in [2.24, 2.45) is 5.73 Å². The van der Waals surface area contributed by atoms with Crippen LogP contribution in [0, 0.1) is 5.41 Å². The molecule has 0 atom stereocenters. The number of aryl methyl sites for hydroxylation is 1. The van der Waals surface area contributed by atoms with Gasteiger partial charge in [0, 0.05) is 0 Å². The Morgan fingerprint density at radius 2 is 2.12 bits per heavy atom. The maximum Gasteiger partial charge on any atom is 0.159 e. The van der Waals surface area contributed by atoms with Gasteiger partial charge in [-0.15, -0.1) is 11.3 Å². The summed E-state index contributed by atoms with van der Waals surface area (Å²) < 4.78 is 23.5. The van der Waals surface area contributed by atoms with Crippen LogP contribution in [0.2, 0.25) is 0 Å². The summed E-state index contributed by atoms with van der Waals surface area (Å²) in [7, 11) is -3.15. The fourth-order valence-corrected chi connectivity index (χ4v) is 3.53. The normalized spacial score (nSPS) is 12.0. The van der Waals surface area contributed by atoms with Crippen molar-refractivity contribution in [1.29, 1.82) is 5.41 Å². The Morgan fingerprint density at radius 1 is 1.53 bits per heavy atom. The summed E-state index contributed by atoms with van der Waals surface area (Å²) in [6.07, 6.45) is 0.646. The molecule has 96 valence electrons. The fourth-order valence-electron chi connectivity index (χ4n) is 1.25. The zero-order valence-corrected chi connectivity index (χ0v) is 11.8. The molecule has 0 aliphatic heterocycles. The fraction of sp³-hybridized carbons (Fsp3) is 0.600. The van der Waals surface area contributed by atoms with E-state index in [1.807, 2.05) is 6.92 Å². The molecule has 0 amide bonds. The molecule has 1 heterocycles. The average molecular weight is 275 g/mol. The zero-order valence-electron chi connectivity index (χ0n) is 10.1. The second-order valence-corrected chi connectivity index (χ2v) is 7.65. The van der Waals surface area contributed by atoms with E-state index in [4.69, 9.17) is 11.1 Å². The summed E-state index contributed by atoms with van der Waals surface area (Å²) in [6, 6.07) is 0. The number of nitrogens with two attached hydrogens (primary N) is 1. The maximum atomic E-state index is 11.8. The van der Waals surface area contributed by atoms with E-state index < -0.39 is 15.1 Å². The van der Waals surface area contributed by atoms with Crippen molar-refractivity contribution in [2.45, 2.75) is 38.2 Å². The van der Waals surface area contributed by atoms with Crippen LogP contribution in [0.1, 0.15) is 36.3 Å². The second-order valence-electron chi connectivity index (χ2n) is 4.01. The summed E-state index contributed by atoms with van der Waals surface area (Å²) in [5, 5.41) is 7.50. The summed E-state index contributed by atoms with van der Waals surface area (Å²) >= 11 is 1.20. The van der Waals surface area contributed by atoms with E-state index in [1.54, 1.807) is 13.8 Å². The van der Waals surface area contributed by atoms with Crippen molar-refractivity contribution in [2.75, 3.05) is 0 Å². The summed E-state index contributed by atoms with van der Waals surface area (Å²) in [5.74, 6) is -0.122. The molecule has 0 aliphatic carbocycles. The smallest absolute Gasteiger partial charge is 0.159 e. The predicted octanol–water partition coefficient (Wildman–Crippen LogP) is 1.31. The van der Waals surface area contributed by atoms with Gasteiger partial charge in [0.05, 0.1) is 15.8 Å². The van der Waals surface area contributed by atoms with E-state index in [9.17, 15) is 8.42 Å². The summed E-state index contributed by atoms with van der Waals surface area (Å²) in [5.41, 5.74) is 6.14. The molecule has 0 saturated heterocycles. The third-order valence-corrected chi connectivity index (χ3v) is 5.79. The Balaban J connectivity index is 3.06. The Kier molecular flexibility index (Phi) is 4.26. The molecule has 0 saturated carbocycles. The first-order valence-corrected chi connectivity index (χ1v) is 7.85. The van der Waals surface area contributed by atoms with Crippen molar-refractivity contribution in [1.82, 2.24) is 4.98 Å². The van der Waals surface area contributed by atoms with E-state index >= 15 is 0 Å². The zero-order chi connectivity index (χ0) is 13.2. The third-order valence-electron chi connectivity index (χ3n) is 2.36. The van der Waals surface area contributed by atoms with Crippen LogP contribution in [0.5, 0.6) is 0 Å². The highest BCUT2D eigenvalue weighted by molar-refractivity contribution is 7.91. The van der Waals surface area contributed by atoms with Crippen molar-refractivity contribution in [3.8, 4) is 0 Å². The molecule has 0 unspecified atom stereocenters. The lowest BCUT2D eigenvalue weighted by atomic mass is 10.3. The molecule has 0 aromatic carbocycles. The first kappa shape index (κ1) is 14.1. The van der Waals surface area contributed by atoms with E-state index in [0.717, 1.165) is 0 Å². The second kappa shape index (κ2) is 5.14. The molecule has 1 aromatic heterocycles. The van der Waals surface area contributed by atoms with Crippen LogP contribution in [0.4, 0.5) is 0 Å². The largest absolute Gasteiger partial charge is 0.383 e. The van der Waals surface area contributed by atoms with Crippen molar-refractivity contribution in [3.63, 3.8) is 0 Å². The SMILES string of the molecule is CCc1nc(CS(=O)(=O)C(C)C)sc1C(=N)N. The van der Waals surface area contributed by atoms with Crippen molar-refractivity contribution >= 4 is 27.0 Å². The first-order valence-electron chi connectivity index (χ1n) is 5.32. The number of hydrogen-bond acceptors (Lipinski definition) is 5. The van der Waals surface area contributed by atoms with Crippen LogP contribution in [0.15, 0.2) is 0 Å². The molecule has 1 aromatic rings. The van der Waals surface area contributed by atoms with E-state index in [0.29, 0.717) is 22.0 Å². The van der Waals surface area contributed by atoms with Gasteiger partial charge in [-0.25, -0.2) is 13.4 Å². The highest BCUT2D eigenvalue weighted by Gasteiger charge is 2.21. The van der Waals surface area contributed by atoms with E-state index in [-0.39, 0.29) is 11.6 Å². The average Bonchev–Trinajstić information content (AvgIpc) is 2.60. The van der Waals surface area contributed by atoms with Crippen LogP contribution in [0.3, 0.4) is 0 Å². The van der Waals surface area contributed by atoms with Crippen LogP contribution >= 0.6 is 11.3 Å². The van der Waals surface area contributed by atoms with Crippen LogP contribution in [0.25, 0.3) is 0 Å². The molecule has 0 spiro atoms. The van der Waals surface area contributed by atoms with Gasteiger partial charge in [-0.1, -0.05) is 6.92 Å². The first-order chi connectivity index (χ1) is 7.77. The molecule has 5 nitrogen and oxygen atoms in total. The Morgan fingerprint density at radius 3 is 2.47 bits per heavy atom. The van der Waals surface area contributed by atoms with Crippen LogP contribution in [-0.2, 0) is 22.0 Å². The molecule has 0 fully saturated rings. The van der Waals surface area contributed by atoms with Crippen LogP contribution < -0.4 is 5.73 Å². The molecular weight excluding hydrogens is 258 g/mol. The Labute approximate surface area is 105 Å². The Hall–Kier alpha value is -0.950. The molecule has 3 N–H and O–H groups in total. The number of amidine groups is 1. The topological polar surface area (TPSA) is 96.9 Å². The van der Waals surface area contributed by atoms with E-state index in [1.165, 1.54) is 11.3 Å². The van der Waals surface area contributed by atoms with Crippen molar-refractivity contribution in [3.05, 3.63) is 15.6 Å². The number of sulfone groups is 1. The number of aromatic nitrogens is 1. The highest BCUT2D eigenvalue weighted by atomic mass is 32.2. The number of rotatable bonds is 5. The number of thiazole rings is 1. The van der Waals surface area contributed by atoms with Gasteiger partial charge in [0.1, 0.15) is 16.6 Å². The third kappa shape index (κ3) is 3.26. The molecule has 0 radical (unpaired) electrons. The maximum absolute atomic E-state index is 11.8.